The van der Waals surface area contributed by atoms with Gasteiger partial charge in [-0.3, -0.25) is 29.0 Å². The topological polar surface area (TPSA) is 272 Å². The summed E-state index contributed by atoms with van der Waals surface area (Å²) in [4.78, 5) is 86.1. The normalized spacial score (nSPS) is 19.6. The number of aromatic hydroxyl groups is 2. The number of carbonyl (C=O) groups excluding carboxylic acids is 4. The summed E-state index contributed by atoms with van der Waals surface area (Å²) >= 11 is 2.03. The number of rotatable bonds is 9. The fourth-order valence-corrected chi connectivity index (χ4v) is 6.24. The Morgan fingerprint density at radius 1 is 1.13 bits per heavy atom. The van der Waals surface area contributed by atoms with Crippen LogP contribution < -0.4 is 11.1 Å². The van der Waals surface area contributed by atoms with E-state index in [2.05, 4.69) is 15.5 Å². The molecule has 236 valence electrons. The van der Waals surface area contributed by atoms with Crippen LogP contribution in [0.3, 0.4) is 0 Å². The Kier molecular flexibility index (Phi) is 7.79. The largest absolute Gasteiger partial charge is 0.512 e. The van der Waals surface area contributed by atoms with Crippen molar-refractivity contribution in [1.82, 2.24) is 20.1 Å². The lowest BCUT2D eigenvalue weighted by Crippen LogP contribution is -2.70. The molecule has 0 aliphatic carbocycles. The van der Waals surface area contributed by atoms with Crippen molar-refractivity contribution in [2.45, 2.75) is 30.9 Å². The van der Waals surface area contributed by atoms with Crippen molar-refractivity contribution in [2.75, 3.05) is 18.0 Å². The zero-order valence-corrected chi connectivity index (χ0v) is 24.7. The maximum absolute atomic E-state index is 13.3. The van der Waals surface area contributed by atoms with Crippen LogP contribution in [0.2, 0.25) is 0 Å². The Hall–Kier alpha value is -5.37. The Morgan fingerprint density at radius 2 is 1.76 bits per heavy atom. The summed E-state index contributed by atoms with van der Waals surface area (Å²) in [5.41, 5.74) is 2.99. The lowest BCUT2D eigenvalue weighted by Gasteiger charge is -2.49. The summed E-state index contributed by atoms with van der Waals surface area (Å²) in [7, 11) is 0. The van der Waals surface area contributed by atoms with Gasteiger partial charge in [0.25, 0.3) is 23.6 Å². The van der Waals surface area contributed by atoms with E-state index in [1.165, 1.54) is 19.2 Å². The fraction of sp³-hybridized carbons (Fsp3) is 0.280. The van der Waals surface area contributed by atoms with Crippen LogP contribution in [0.5, 0.6) is 11.5 Å². The van der Waals surface area contributed by atoms with Gasteiger partial charge >= 0.3 is 12.1 Å². The zero-order valence-electron chi connectivity index (χ0n) is 23.0. The van der Waals surface area contributed by atoms with E-state index < -0.39 is 82.4 Å². The van der Waals surface area contributed by atoms with Gasteiger partial charge in [-0.15, -0.1) is 23.1 Å². The quantitative estimate of drug-likeness (QED) is 0.0527. The standard InChI is InChI=1S/C25H22N6O12S2/c1-25(2,22(38)39)43-29-14(11-7-45-23(26)27-11)16(34)28-15-19(37)31-20(42-24(40)41)8(6-44-21(15)31)5-30-17(35)9-3-12(32)13(33)4-10(9)18(30)36/h3-4,7,15,21,32-33H,5-6H2,1-2H3,(H2,26,27)(H,28,34)(H,38,39)(H,40,41)/b29-14-/t15?,21-/m0/s1. The molecular weight excluding hydrogens is 640 g/mol. The Balaban J connectivity index is 1.38. The number of benzene rings is 1. The van der Waals surface area contributed by atoms with Crippen molar-refractivity contribution in [3.05, 3.63) is 45.8 Å². The number of fused-ring (bicyclic) bond motifs is 2. The molecular formula is C25H22N6O12S2. The van der Waals surface area contributed by atoms with Crippen molar-refractivity contribution in [3.63, 3.8) is 0 Å². The van der Waals surface area contributed by atoms with Crippen LogP contribution >= 0.6 is 23.1 Å². The number of phenols is 2. The van der Waals surface area contributed by atoms with Gasteiger partial charge in [0.2, 0.25) is 11.5 Å². The SMILES string of the molecule is CC(C)(O/N=C(\C(=O)NC1C(=O)N2C(OC(=O)O)=C(CN3C(=O)c4cc(O)c(O)cc4C3=O)CS[C@@H]12)c1csc(N)n1)C(=O)O. The number of imide groups is 1. The van der Waals surface area contributed by atoms with Gasteiger partial charge in [0, 0.05) is 16.7 Å². The van der Waals surface area contributed by atoms with Crippen LogP contribution in [-0.4, -0.2) is 106 Å². The molecule has 1 unspecified atom stereocenters. The average Bonchev–Trinajstić information content (AvgIpc) is 3.48. The van der Waals surface area contributed by atoms with Crippen LogP contribution in [0.4, 0.5) is 9.93 Å². The van der Waals surface area contributed by atoms with E-state index in [4.69, 9.17) is 15.3 Å². The molecule has 1 aromatic heterocycles. The number of carbonyl (C=O) groups is 6. The molecule has 20 heteroatoms. The first-order chi connectivity index (χ1) is 21.1. The molecule has 1 fully saturated rings. The molecule has 2 aromatic rings. The summed E-state index contributed by atoms with van der Waals surface area (Å²) in [5.74, 6) is -6.58. The summed E-state index contributed by atoms with van der Waals surface area (Å²) in [5, 5.41) is 44.9. The molecule has 5 rings (SSSR count). The number of thioether (sulfide) groups is 1. The third-order valence-corrected chi connectivity index (χ3v) is 8.75. The predicted molar refractivity (Wildman–Crippen MR) is 152 cm³/mol. The van der Waals surface area contributed by atoms with E-state index in [9.17, 15) is 49.2 Å². The van der Waals surface area contributed by atoms with Crippen molar-refractivity contribution >= 4 is 69.7 Å². The number of nitrogens with two attached hydrogens (primary N) is 1. The number of aromatic nitrogens is 1. The second kappa shape index (κ2) is 11.3. The predicted octanol–water partition coefficient (Wildman–Crippen LogP) is 0.323. The number of aliphatic carboxylic acids is 1. The number of hydrogen-bond donors (Lipinski definition) is 6. The van der Waals surface area contributed by atoms with Gasteiger partial charge in [-0.2, -0.15) is 0 Å². The first-order valence-corrected chi connectivity index (χ1v) is 14.5. The number of thiazole rings is 1. The zero-order chi connectivity index (χ0) is 33.0. The molecule has 7 N–H and O–H groups in total. The lowest BCUT2D eigenvalue weighted by atomic mass is 10.1. The number of hydrogen-bond acceptors (Lipinski definition) is 15. The van der Waals surface area contributed by atoms with Crippen LogP contribution in [0.1, 0.15) is 40.3 Å². The van der Waals surface area contributed by atoms with Gasteiger partial charge in [-0.25, -0.2) is 14.6 Å². The molecule has 0 saturated carbocycles. The number of amides is 4. The molecule has 3 aliphatic heterocycles. The molecule has 0 bridgehead atoms. The maximum atomic E-state index is 13.3. The first kappa shape index (κ1) is 31.1. The summed E-state index contributed by atoms with van der Waals surface area (Å²) in [6.07, 6.45) is -1.79. The second-order valence-electron chi connectivity index (χ2n) is 10.1. The summed E-state index contributed by atoms with van der Waals surface area (Å²) in [6, 6.07) is 0.615. The molecule has 0 radical (unpaired) electrons. The number of carboxylic acid groups (broad SMARTS) is 2. The maximum Gasteiger partial charge on any atom is 0.512 e. The van der Waals surface area contributed by atoms with E-state index >= 15 is 0 Å². The molecule has 0 spiro atoms. The highest BCUT2D eigenvalue weighted by Gasteiger charge is 2.55. The van der Waals surface area contributed by atoms with Gasteiger partial charge in [0.1, 0.15) is 17.1 Å². The second-order valence-corrected chi connectivity index (χ2v) is 12.1. The highest BCUT2D eigenvalue weighted by molar-refractivity contribution is 8.00. The minimum absolute atomic E-state index is 0.0488. The van der Waals surface area contributed by atoms with E-state index in [-0.39, 0.29) is 33.3 Å². The fourth-order valence-electron chi connectivity index (χ4n) is 4.38. The van der Waals surface area contributed by atoms with Gasteiger partial charge in [0.05, 0.1) is 17.7 Å². The van der Waals surface area contributed by atoms with Crippen molar-refractivity contribution in [3.8, 4) is 11.5 Å². The molecule has 1 saturated heterocycles. The molecule has 2 atom stereocenters. The average molecular weight is 663 g/mol. The van der Waals surface area contributed by atoms with E-state index in [1.54, 1.807) is 0 Å². The number of nitrogens with zero attached hydrogens (tertiary/aromatic N) is 4. The van der Waals surface area contributed by atoms with Gasteiger partial charge in [-0.1, -0.05) is 5.16 Å². The van der Waals surface area contributed by atoms with Crippen molar-refractivity contribution in [2.24, 2.45) is 5.16 Å². The molecule has 4 amide bonds. The molecule has 3 aliphatic rings. The summed E-state index contributed by atoms with van der Waals surface area (Å²) in [6.45, 7) is 1.90. The first-order valence-electron chi connectivity index (χ1n) is 12.6. The lowest BCUT2D eigenvalue weighted by molar-refractivity contribution is -0.161. The molecule has 45 heavy (non-hydrogen) atoms. The number of phenolic OH excluding ortho intramolecular Hbond substituents is 2. The van der Waals surface area contributed by atoms with E-state index in [1.807, 2.05) is 0 Å². The molecule has 1 aromatic carbocycles. The number of β-lactam (4-membered cyclic amide) rings is 1. The third-order valence-electron chi connectivity index (χ3n) is 6.74. The number of oxime groups is 1. The Morgan fingerprint density at radius 3 is 2.29 bits per heavy atom. The highest BCUT2D eigenvalue weighted by atomic mass is 32.2. The van der Waals surface area contributed by atoms with Crippen LogP contribution in [0, 0.1) is 0 Å². The van der Waals surface area contributed by atoms with Crippen LogP contribution in [0.15, 0.2) is 34.1 Å². The Bertz CT molecular complexity index is 1710. The van der Waals surface area contributed by atoms with Crippen molar-refractivity contribution < 1.29 is 58.8 Å². The number of nitrogens with one attached hydrogen (secondary N) is 1. The smallest absolute Gasteiger partial charge is 0.504 e. The van der Waals surface area contributed by atoms with Crippen LogP contribution in [-0.2, 0) is 24.0 Å². The van der Waals surface area contributed by atoms with Crippen LogP contribution in [0.25, 0.3) is 0 Å². The minimum atomic E-state index is -1.83. The number of anilines is 1. The van der Waals surface area contributed by atoms with Crippen molar-refractivity contribution in [1.29, 1.82) is 0 Å². The third kappa shape index (κ3) is 5.55. The Labute approximate surface area is 259 Å². The summed E-state index contributed by atoms with van der Waals surface area (Å²) < 4.78 is 4.90. The number of carboxylic acids is 1. The number of nitrogen functional groups attached to an aromatic ring is 1. The molecule has 18 nitrogen and oxygen atoms in total. The minimum Gasteiger partial charge on any atom is -0.504 e. The number of ether oxygens (including phenoxy) is 1. The van der Waals surface area contributed by atoms with Gasteiger partial charge in [-0.05, 0) is 26.0 Å². The van der Waals surface area contributed by atoms with Gasteiger partial charge in [0.15, 0.2) is 22.3 Å². The van der Waals surface area contributed by atoms with E-state index in [0.717, 1.165) is 45.0 Å². The molecule has 4 heterocycles. The van der Waals surface area contributed by atoms with Gasteiger partial charge < -0.3 is 41.1 Å². The highest BCUT2D eigenvalue weighted by Crippen LogP contribution is 2.42. The monoisotopic (exact) mass is 662 g/mol. The van der Waals surface area contributed by atoms with E-state index in [0.29, 0.717) is 0 Å².